The fourth-order valence-electron chi connectivity index (χ4n) is 5.17. The highest BCUT2D eigenvalue weighted by Gasteiger charge is 2.17. The summed E-state index contributed by atoms with van der Waals surface area (Å²) in [5.41, 5.74) is 5.66. The van der Waals surface area contributed by atoms with E-state index in [4.69, 9.17) is 9.47 Å². The first-order valence-electron chi connectivity index (χ1n) is 12.5. The predicted molar refractivity (Wildman–Crippen MR) is 142 cm³/mol. The zero-order valence-corrected chi connectivity index (χ0v) is 20.7. The Morgan fingerprint density at radius 3 is 2.46 bits per heavy atom. The van der Waals surface area contributed by atoms with Gasteiger partial charge in [0.15, 0.2) is 0 Å². The van der Waals surface area contributed by atoms with Crippen molar-refractivity contribution in [2.75, 3.05) is 33.4 Å². The van der Waals surface area contributed by atoms with Crippen LogP contribution in [0.25, 0.3) is 22.2 Å². The fraction of sp³-hybridized carbons (Fsp3) is 0.333. The van der Waals surface area contributed by atoms with E-state index in [-0.39, 0.29) is 5.75 Å². The molecular formula is C30H34N2O3. The van der Waals surface area contributed by atoms with Crippen LogP contribution in [0.1, 0.15) is 30.4 Å². The van der Waals surface area contributed by atoms with Crippen LogP contribution >= 0.6 is 0 Å². The molecule has 1 N–H and O–H groups in total. The second kappa shape index (κ2) is 10.4. The Hall–Kier alpha value is -3.44. The van der Waals surface area contributed by atoms with Gasteiger partial charge in [-0.25, -0.2) is 0 Å². The molecular weight excluding hydrogens is 436 g/mol. The topological polar surface area (TPSA) is 46.9 Å². The molecule has 1 aromatic heterocycles. The van der Waals surface area contributed by atoms with Crippen LogP contribution in [0.3, 0.4) is 0 Å². The average molecular weight is 471 g/mol. The molecule has 1 aliphatic heterocycles. The number of hydrogen-bond acceptors (Lipinski definition) is 4. The molecule has 35 heavy (non-hydrogen) atoms. The number of piperidine rings is 1. The van der Waals surface area contributed by atoms with Gasteiger partial charge in [-0.15, -0.1) is 0 Å². The number of fused-ring (bicyclic) bond motifs is 1. The highest BCUT2D eigenvalue weighted by molar-refractivity contribution is 5.92. The summed E-state index contributed by atoms with van der Waals surface area (Å²) in [6.45, 7) is 6.94. The van der Waals surface area contributed by atoms with E-state index in [1.807, 2.05) is 24.3 Å². The molecule has 3 aromatic carbocycles. The largest absolute Gasteiger partial charge is 0.508 e. The number of benzene rings is 3. The van der Waals surface area contributed by atoms with E-state index in [0.717, 1.165) is 58.9 Å². The summed E-state index contributed by atoms with van der Waals surface area (Å²) >= 11 is 0. The van der Waals surface area contributed by atoms with Gasteiger partial charge in [0.2, 0.25) is 0 Å². The Morgan fingerprint density at radius 1 is 0.886 bits per heavy atom. The van der Waals surface area contributed by atoms with Crippen molar-refractivity contribution >= 4 is 10.9 Å². The standard InChI is InChI=1S/C30H34N2O3/c1-22-28-20-25(33)11-14-29(28)32(30(22)24-7-6-8-27(19-24)34-2)21-23-9-12-26(13-10-23)35-18-17-31-15-4-3-5-16-31/h6-14,19-20,33H,3-5,15-18,21H2,1-2H3. The van der Waals surface area contributed by atoms with Gasteiger partial charge in [-0.3, -0.25) is 4.90 Å². The molecule has 0 unspecified atom stereocenters. The van der Waals surface area contributed by atoms with Gasteiger partial charge in [-0.1, -0.05) is 30.7 Å². The molecule has 1 saturated heterocycles. The van der Waals surface area contributed by atoms with Gasteiger partial charge in [0, 0.05) is 29.6 Å². The summed E-state index contributed by atoms with van der Waals surface area (Å²) in [6, 6.07) is 22.2. The SMILES string of the molecule is COc1cccc(-c2c(C)c3cc(O)ccc3n2Cc2ccc(OCCN3CCCCC3)cc2)c1. The summed E-state index contributed by atoms with van der Waals surface area (Å²) in [6.07, 6.45) is 3.97. The van der Waals surface area contributed by atoms with Gasteiger partial charge < -0.3 is 19.1 Å². The summed E-state index contributed by atoms with van der Waals surface area (Å²) in [7, 11) is 1.69. The maximum atomic E-state index is 10.1. The molecule has 0 saturated carbocycles. The lowest BCUT2D eigenvalue weighted by Gasteiger charge is -2.26. The van der Waals surface area contributed by atoms with Crippen molar-refractivity contribution < 1.29 is 14.6 Å². The maximum absolute atomic E-state index is 10.1. The molecule has 0 aliphatic carbocycles. The van der Waals surface area contributed by atoms with Crippen molar-refractivity contribution in [1.82, 2.24) is 9.47 Å². The van der Waals surface area contributed by atoms with Gasteiger partial charge in [0.05, 0.1) is 12.8 Å². The van der Waals surface area contributed by atoms with E-state index in [2.05, 4.69) is 52.8 Å². The van der Waals surface area contributed by atoms with Crippen molar-refractivity contribution in [3.8, 4) is 28.5 Å². The smallest absolute Gasteiger partial charge is 0.119 e. The van der Waals surface area contributed by atoms with Crippen LogP contribution in [0.15, 0.2) is 66.7 Å². The van der Waals surface area contributed by atoms with Crippen LogP contribution < -0.4 is 9.47 Å². The average Bonchev–Trinajstić information content (AvgIpc) is 3.16. The Balaban J connectivity index is 1.39. The Labute approximate surface area is 207 Å². The molecule has 0 amide bonds. The zero-order valence-electron chi connectivity index (χ0n) is 20.7. The van der Waals surface area contributed by atoms with Crippen LogP contribution in [0.2, 0.25) is 0 Å². The number of aromatic hydroxyl groups is 1. The maximum Gasteiger partial charge on any atom is 0.119 e. The summed E-state index contributed by atoms with van der Waals surface area (Å²) in [5.74, 6) is 2.02. The molecule has 1 fully saturated rings. The number of phenolic OH excluding ortho intramolecular Hbond substituents is 1. The molecule has 4 aromatic rings. The van der Waals surface area contributed by atoms with Crippen LogP contribution in [0.4, 0.5) is 0 Å². The number of nitrogens with zero attached hydrogens (tertiary/aromatic N) is 2. The van der Waals surface area contributed by atoms with E-state index in [1.54, 1.807) is 13.2 Å². The number of hydrogen-bond donors (Lipinski definition) is 1. The van der Waals surface area contributed by atoms with Gasteiger partial charge in [-0.05, 0) is 86.4 Å². The van der Waals surface area contributed by atoms with Crippen LogP contribution in [0.5, 0.6) is 17.2 Å². The Bertz CT molecular complexity index is 1290. The third-order valence-corrected chi connectivity index (χ3v) is 7.03. The molecule has 182 valence electrons. The first-order valence-corrected chi connectivity index (χ1v) is 12.5. The lowest BCUT2D eigenvalue weighted by molar-refractivity contribution is 0.183. The third kappa shape index (κ3) is 5.15. The molecule has 5 rings (SSSR count). The van der Waals surface area contributed by atoms with Gasteiger partial charge in [-0.2, -0.15) is 0 Å². The molecule has 0 radical (unpaired) electrons. The van der Waals surface area contributed by atoms with Crippen molar-refractivity contribution in [3.05, 3.63) is 77.9 Å². The first-order chi connectivity index (χ1) is 17.1. The fourth-order valence-corrected chi connectivity index (χ4v) is 5.17. The highest BCUT2D eigenvalue weighted by Crippen LogP contribution is 2.36. The number of ether oxygens (including phenoxy) is 2. The Morgan fingerprint density at radius 2 is 1.69 bits per heavy atom. The summed E-state index contributed by atoms with van der Waals surface area (Å²) < 4.78 is 13.8. The van der Waals surface area contributed by atoms with Crippen LogP contribution in [0, 0.1) is 6.92 Å². The van der Waals surface area contributed by atoms with E-state index in [9.17, 15) is 5.11 Å². The highest BCUT2D eigenvalue weighted by atomic mass is 16.5. The first kappa shape index (κ1) is 23.3. The van der Waals surface area contributed by atoms with E-state index in [0.29, 0.717) is 0 Å². The molecule has 1 aliphatic rings. The summed E-state index contributed by atoms with van der Waals surface area (Å²) in [5, 5.41) is 11.2. The number of phenols is 1. The number of methoxy groups -OCH3 is 1. The lowest BCUT2D eigenvalue weighted by atomic mass is 10.1. The van der Waals surface area contributed by atoms with Crippen molar-refractivity contribution in [1.29, 1.82) is 0 Å². The molecule has 5 nitrogen and oxygen atoms in total. The van der Waals surface area contributed by atoms with Crippen LogP contribution in [-0.2, 0) is 6.54 Å². The molecule has 2 heterocycles. The van der Waals surface area contributed by atoms with Gasteiger partial charge in [0.25, 0.3) is 0 Å². The van der Waals surface area contributed by atoms with Crippen LogP contribution in [-0.4, -0.2) is 47.9 Å². The number of aromatic nitrogens is 1. The second-order valence-corrected chi connectivity index (χ2v) is 9.39. The zero-order chi connectivity index (χ0) is 24.2. The normalized spacial score (nSPS) is 14.3. The monoisotopic (exact) mass is 470 g/mol. The third-order valence-electron chi connectivity index (χ3n) is 7.03. The van der Waals surface area contributed by atoms with Gasteiger partial charge in [0.1, 0.15) is 23.9 Å². The number of rotatable bonds is 8. The Kier molecular flexibility index (Phi) is 6.96. The molecule has 0 spiro atoms. The second-order valence-electron chi connectivity index (χ2n) is 9.39. The minimum absolute atomic E-state index is 0.279. The van der Waals surface area contributed by atoms with Crippen molar-refractivity contribution in [3.63, 3.8) is 0 Å². The van der Waals surface area contributed by atoms with Gasteiger partial charge >= 0.3 is 0 Å². The quantitative estimate of drug-likeness (QED) is 0.331. The minimum atomic E-state index is 0.279. The molecule has 0 atom stereocenters. The summed E-state index contributed by atoms with van der Waals surface area (Å²) in [4.78, 5) is 2.50. The number of aryl methyl sites for hydroxylation is 1. The van der Waals surface area contributed by atoms with E-state index >= 15 is 0 Å². The predicted octanol–water partition coefficient (Wildman–Crippen LogP) is 6.24. The van der Waals surface area contributed by atoms with Crippen molar-refractivity contribution in [2.45, 2.75) is 32.7 Å². The molecule has 5 heteroatoms. The van der Waals surface area contributed by atoms with E-state index in [1.165, 1.54) is 37.9 Å². The minimum Gasteiger partial charge on any atom is -0.508 e. The lowest BCUT2D eigenvalue weighted by Crippen LogP contribution is -2.33. The van der Waals surface area contributed by atoms with E-state index < -0.39 is 0 Å². The molecule has 0 bridgehead atoms. The number of likely N-dealkylation sites (tertiary alicyclic amines) is 1. The van der Waals surface area contributed by atoms with Crippen molar-refractivity contribution in [2.24, 2.45) is 0 Å².